The molecule has 1 N–H and O–H groups in total. The van der Waals surface area contributed by atoms with Crippen LogP contribution in [-0.4, -0.2) is 31.4 Å². The zero-order valence-corrected chi connectivity index (χ0v) is 13.1. The predicted molar refractivity (Wildman–Crippen MR) is 86.8 cm³/mol. The number of amides is 1. The lowest BCUT2D eigenvalue weighted by atomic mass is 10.2. The van der Waals surface area contributed by atoms with Crippen molar-refractivity contribution in [2.75, 3.05) is 18.1 Å². The Bertz CT molecular complexity index is 716. The molecule has 0 fully saturated rings. The van der Waals surface area contributed by atoms with E-state index in [0.717, 1.165) is 16.1 Å². The molecule has 116 valence electrons. The minimum Gasteiger partial charge on any atom is -0.325 e. The van der Waals surface area contributed by atoms with Crippen LogP contribution in [0.4, 0.5) is 5.69 Å². The van der Waals surface area contributed by atoms with Gasteiger partial charge in [0.1, 0.15) is 0 Å². The first-order valence-electron chi connectivity index (χ1n) is 6.79. The van der Waals surface area contributed by atoms with E-state index < -0.39 is 10.0 Å². The summed E-state index contributed by atoms with van der Waals surface area (Å²) in [6.45, 7) is -0.0511. The Morgan fingerprint density at radius 1 is 1.00 bits per heavy atom. The van der Waals surface area contributed by atoms with Gasteiger partial charge < -0.3 is 5.32 Å². The highest BCUT2D eigenvalue weighted by Gasteiger charge is 2.20. The molecule has 1 amide bonds. The van der Waals surface area contributed by atoms with Gasteiger partial charge in [0, 0.05) is 12.2 Å². The summed E-state index contributed by atoms with van der Waals surface area (Å²) in [5.41, 5.74) is 1.47. The van der Waals surface area contributed by atoms with Crippen molar-refractivity contribution in [3.05, 3.63) is 66.2 Å². The van der Waals surface area contributed by atoms with Gasteiger partial charge in [-0.1, -0.05) is 48.5 Å². The Labute approximate surface area is 130 Å². The summed E-state index contributed by atoms with van der Waals surface area (Å²) in [7, 11) is -3.48. The molecule has 2 rings (SSSR count). The molecule has 0 atom stereocenters. The first-order chi connectivity index (χ1) is 10.4. The highest BCUT2D eigenvalue weighted by Crippen LogP contribution is 2.10. The highest BCUT2D eigenvalue weighted by atomic mass is 32.2. The number of nitrogens with one attached hydrogen (secondary N) is 1. The van der Waals surface area contributed by atoms with Crippen molar-refractivity contribution >= 4 is 21.6 Å². The third-order valence-corrected chi connectivity index (χ3v) is 4.24. The molecular formula is C16H18N2O3S. The fraction of sp³-hybridized carbons (Fsp3) is 0.188. The maximum absolute atomic E-state index is 12.0. The Balaban J connectivity index is 2.06. The van der Waals surface area contributed by atoms with Crippen LogP contribution in [0.3, 0.4) is 0 Å². The van der Waals surface area contributed by atoms with Gasteiger partial charge in [-0.25, -0.2) is 8.42 Å². The predicted octanol–water partition coefficient (Wildman–Crippen LogP) is 2.09. The third kappa shape index (κ3) is 4.98. The van der Waals surface area contributed by atoms with Crippen molar-refractivity contribution in [1.82, 2.24) is 4.31 Å². The molecular weight excluding hydrogens is 300 g/mol. The number of anilines is 1. The van der Waals surface area contributed by atoms with Crippen LogP contribution in [0, 0.1) is 0 Å². The van der Waals surface area contributed by atoms with E-state index in [-0.39, 0.29) is 19.0 Å². The number of sulfonamides is 1. The molecule has 0 saturated heterocycles. The molecule has 5 nitrogen and oxygen atoms in total. The molecule has 2 aromatic rings. The van der Waals surface area contributed by atoms with Gasteiger partial charge in [0.15, 0.2) is 0 Å². The average Bonchev–Trinajstić information content (AvgIpc) is 2.48. The van der Waals surface area contributed by atoms with Gasteiger partial charge in [0.2, 0.25) is 15.9 Å². The Kier molecular flexibility index (Phi) is 5.30. The van der Waals surface area contributed by atoms with E-state index in [0.29, 0.717) is 5.69 Å². The molecule has 6 heteroatoms. The van der Waals surface area contributed by atoms with Crippen molar-refractivity contribution in [3.8, 4) is 0 Å². The quantitative estimate of drug-likeness (QED) is 0.887. The maximum Gasteiger partial charge on any atom is 0.239 e. The van der Waals surface area contributed by atoms with Crippen molar-refractivity contribution in [2.45, 2.75) is 6.54 Å². The van der Waals surface area contributed by atoms with Crippen molar-refractivity contribution in [1.29, 1.82) is 0 Å². The normalized spacial score (nSPS) is 11.4. The van der Waals surface area contributed by atoms with Crippen LogP contribution in [0.5, 0.6) is 0 Å². The van der Waals surface area contributed by atoms with Gasteiger partial charge in [0.05, 0.1) is 12.8 Å². The lowest BCUT2D eigenvalue weighted by Gasteiger charge is -2.19. The second-order valence-corrected chi connectivity index (χ2v) is 6.91. The topological polar surface area (TPSA) is 66.5 Å². The molecule has 0 aromatic heterocycles. The van der Waals surface area contributed by atoms with Crippen LogP contribution in [-0.2, 0) is 21.4 Å². The number of benzene rings is 2. The zero-order valence-electron chi connectivity index (χ0n) is 12.3. The summed E-state index contributed by atoms with van der Waals surface area (Å²) < 4.78 is 24.9. The van der Waals surface area contributed by atoms with Crippen molar-refractivity contribution in [2.24, 2.45) is 0 Å². The SMILES string of the molecule is CS(=O)(=O)N(CC(=O)Nc1ccccc1)Cc1ccccc1. The van der Waals surface area contributed by atoms with E-state index in [1.807, 2.05) is 36.4 Å². The number of rotatable bonds is 6. The minimum absolute atomic E-state index is 0.169. The van der Waals surface area contributed by atoms with E-state index in [9.17, 15) is 13.2 Å². The molecule has 0 saturated carbocycles. The van der Waals surface area contributed by atoms with Gasteiger partial charge in [-0.15, -0.1) is 0 Å². The van der Waals surface area contributed by atoms with Crippen LogP contribution in [0.2, 0.25) is 0 Å². The fourth-order valence-electron chi connectivity index (χ4n) is 1.96. The molecule has 0 aliphatic carbocycles. The van der Waals surface area contributed by atoms with Crippen LogP contribution < -0.4 is 5.32 Å². The van der Waals surface area contributed by atoms with Crippen LogP contribution >= 0.6 is 0 Å². The Hall–Kier alpha value is -2.18. The summed E-state index contributed by atoms with van der Waals surface area (Å²) in [4.78, 5) is 12.0. The molecule has 0 unspecified atom stereocenters. The number of hydrogen-bond acceptors (Lipinski definition) is 3. The summed E-state index contributed by atoms with van der Waals surface area (Å²) >= 11 is 0. The third-order valence-electron chi connectivity index (χ3n) is 3.05. The standard InChI is InChI=1S/C16H18N2O3S/c1-22(20,21)18(12-14-8-4-2-5-9-14)13-16(19)17-15-10-6-3-7-11-15/h2-11H,12-13H2,1H3,(H,17,19). The number of carbonyl (C=O) groups excluding carboxylic acids is 1. The first-order valence-corrected chi connectivity index (χ1v) is 8.64. The van der Waals surface area contributed by atoms with Crippen LogP contribution in [0.1, 0.15) is 5.56 Å². The van der Waals surface area contributed by atoms with E-state index in [1.54, 1.807) is 24.3 Å². The van der Waals surface area contributed by atoms with Crippen molar-refractivity contribution < 1.29 is 13.2 Å². The lowest BCUT2D eigenvalue weighted by Crippen LogP contribution is -2.36. The molecule has 0 spiro atoms. The maximum atomic E-state index is 12.0. The fourth-order valence-corrected chi connectivity index (χ4v) is 2.69. The summed E-state index contributed by atoms with van der Waals surface area (Å²) in [6.07, 6.45) is 1.10. The molecule has 0 radical (unpaired) electrons. The molecule has 0 aliphatic rings. The molecule has 0 heterocycles. The molecule has 22 heavy (non-hydrogen) atoms. The van der Waals surface area contributed by atoms with E-state index in [1.165, 1.54) is 0 Å². The smallest absolute Gasteiger partial charge is 0.239 e. The monoisotopic (exact) mass is 318 g/mol. The van der Waals surface area contributed by atoms with Gasteiger partial charge in [0.25, 0.3) is 0 Å². The van der Waals surface area contributed by atoms with E-state index >= 15 is 0 Å². The number of hydrogen-bond donors (Lipinski definition) is 1. The van der Waals surface area contributed by atoms with Crippen LogP contribution in [0.15, 0.2) is 60.7 Å². The first kappa shape index (κ1) is 16.2. The van der Waals surface area contributed by atoms with Crippen LogP contribution in [0.25, 0.3) is 0 Å². The van der Waals surface area contributed by atoms with Gasteiger partial charge in [-0.3, -0.25) is 4.79 Å². The Morgan fingerprint density at radius 3 is 2.09 bits per heavy atom. The summed E-state index contributed by atoms with van der Waals surface area (Å²) in [5.74, 6) is -0.368. The zero-order chi connectivity index (χ0) is 16.0. The highest BCUT2D eigenvalue weighted by molar-refractivity contribution is 7.88. The van der Waals surface area contributed by atoms with Gasteiger partial charge in [-0.2, -0.15) is 4.31 Å². The summed E-state index contributed by atoms with van der Waals surface area (Å²) in [5, 5.41) is 2.69. The average molecular weight is 318 g/mol. The van der Waals surface area contributed by atoms with Gasteiger partial charge in [-0.05, 0) is 17.7 Å². The van der Waals surface area contributed by atoms with Crippen molar-refractivity contribution in [3.63, 3.8) is 0 Å². The van der Waals surface area contributed by atoms with Gasteiger partial charge >= 0.3 is 0 Å². The molecule has 0 bridgehead atoms. The number of nitrogens with zero attached hydrogens (tertiary/aromatic N) is 1. The molecule has 0 aliphatic heterocycles. The Morgan fingerprint density at radius 2 is 1.55 bits per heavy atom. The number of carbonyl (C=O) groups is 1. The second-order valence-electron chi connectivity index (χ2n) is 4.93. The van der Waals surface area contributed by atoms with E-state index in [2.05, 4.69) is 5.32 Å². The largest absolute Gasteiger partial charge is 0.325 e. The second kappa shape index (κ2) is 7.20. The minimum atomic E-state index is -3.48. The van der Waals surface area contributed by atoms with E-state index in [4.69, 9.17) is 0 Å². The molecule has 2 aromatic carbocycles. The number of para-hydroxylation sites is 1. The summed E-state index contributed by atoms with van der Waals surface area (Å²) in [6, 6.07) is 18.1. The lowest BCUT2D eigenvalue weighted by molar-refractivity contribution is -0.116.